The van der Waals surface area contributed by atoms with Gasteiger partial charge in [-0.05, 0) is 31.9 Å². The molecule has 1 aliphatic carbocycles. The molecule has 0 aliphatic heterocycles. The Hall–Kier alpha value is -1.40. The van der Waals surface area contributed by atoms with Gasteiger partial charge in [-0.15, -0.1) is 11.3 Å². The molecular formula is C12H16N2O3S. The predicted molar refractivity (Wildman–Crippen MR) is 69.7 cm³/mol. The molecule has 18 heavy (non-hydrogen) atoms. The average molecular weight is 268 g/mol. The number of thiophene rings is 1. The topological polar surface area (TPSA) is 78.4 Å². The first kappa shape index (κ1) is 13.0. The Morgan fingerprint density at radius 2 is 2.22 bits per heavy atom. The summed E-state index contributed by atoms with van der Waals surface area (Å²) < 4.78 is 0. The van der Waals surface area contributed by atoms with Crippen LogP contribution in [-0.4, -0.2) is 29.6 Å². The van der Waals surface area contributed by atoms with Gasteiger partial charge < -0.3 is 15.7 Å². The molecular weight excluding hydrogens is 252 g/mol. The number of carbonyl (C=O) groups is 2. The van der Waals surface area contributed by atoms with Gasteiger partial charge in [0.15, 0.2) is 0 Å². The summed E-state index contributed by atoms with van der Waals surface area (Å²) in [5.74, 6) is -0.0419. The highest BCUT2D eigenvalue weighted by atomic mass is 32.1. The van der Waals surface area contributed by atoms with E-state index in [0.29, 0.717) is 9.88 Å². The van der Waals surface area contributed by atoms with Crippen molar-refractivity contribution in [1.82, 2.24) is 5.32 Å². The molecule has 1 saturated carbocycles. The molecule has 1 heterocycles. The van der Waals surface area contributed by atoms with Gasteiger partial charge in [-0.25, -0.2) is 0 Å². The molecule has 3 N–H and O–H groups in total. The van der Waals surface area contributed by atoms with Crippen LogP contribution in [0, 0.1) is 5.92 Å². The van der Waals surface area contributed by atoms with Crippen molar-refractivity contribution in [3.63, 3.8) is 0 Å². The van der Waals surface area contributed by atoms with Crippen molar-refractivity contribution >= 4 is 28.2 Å². The fraction of sp³-hybridized carbons (Fsp3) is 0.500. The Morgan fingerprint density at radius 3 is 2.83 bits per heavy atom. The van der Waals surface area contributed by atoms with Gasteiger partial charge >= 0.3 is 0 Å². The fourth-order valence-corrected chi connectivity index (χ4v) is 2.25. The molecule has 0 saturated heterocycles. The third-order valence-corrected chi connectivity index (χ3v) is 3.68. The summed E-state index contributed by atoms with van der Waals surface area (Å²) in [6, 6.07) is 3.12. The Morgan fingerprint density at radius 1 is 1.50 bits per heavy atom. The maximum Gasteiger partial charge on any atom is 0.261 e. The van der Waals surface area contributed by atoms with Crippen molar-refractivity contribution in [2.24, 2.45) is 5.92 Å². The first-order chi connectivity index (χ1) is 8.60. The second-order valence-corrected chi connectivity index (χ2v) is 5.57. The zero-order valence-corrected chi connectivity index (χ0v) is 10.9. The van der Waals surface area contributed by atoms with Crippen LogP contribution in [-0.2, 0) is 4.79 Å². The molecule has 98 valence electrons. The molecule has 1 fully saturated rings. The molecule has 2 amide bonds. The van der Waals surface area contributed by atoms with Crippen molar-refractivity contribution in [3.8, 4) is 0 Å². The number of rotatable bonds is 5. The predicted octanol–water partition coefficient (Wildman–Crippen LogP) is 1.21. The molecule has 0 unspecified atom stereocenters. The Balaban J connectivity index is 1.92. The number of aliphatic hydroxyl groups excluding tert-OH is 1. The number of carbonyl (C=O) groups excluding carboxylic acids is 2. The van der Waals surface area contributed by atoms with Gasteiger partial charge in [0.1, 0.15) is 0 Å². The fourth-order valence-electron chi connectivity index (χ4n) is 1.44. The number of anilines is 1. The van der Waals surface area contributed by atoms with Crippen molar-refractivity contribution in [1.29, 1.82) is 0 Å². The minimum absolute atomic E-state index is 0.0348. The molecule has 1 atom stereocenters. The van der Waals surface area contributed by atoms with Crippen LogP contribution in [0.3, 0.4) is 0 Å². The van der Waals surface area contributed by atoms with Gasteiger partial charge in [0, 0.05) is 12.0 Å². The van der Waals surface area contributed by atoms with E-state index in [1.807, 2.05) is 0 Å². The zero-order valence-electron chi connectivity index (χ0n) is 10.1. The molecule has 1 aliphatic rings. The van der Waals surface area contributed by atoms with E-state index in [1.165, 1.54) is 11.3 Å². The van der Waals surface area contributed by atoms with E-state index in [-0.39, 0.29) is 30.4 Å². The molecule has 5 nitrogen and oxygen atoms in total. The Bertz CT molecular complexity index is 454. The minimum atomic E-state index is -0.274. The lowest BCUT2D eigenvalue weighted by atomic mass is 10.3. The second kappa shape index (κ2) is 5.49. The maximum absolute atomic E-state index is 11.7. The van der Waals surface area contributed by atoms with Gasteiger partial charge in [-0.3, -0.25) is 9.59 Å². The van der Waals surface area contributed by atoms with E-state index in [9.17, 15) is 9.59 Å². The summed E-state index contributed by atoms with van der Waals surface area (Å²) in [5, 5.41) is 15.0. The molecule has 2 rings (SSSR count). The van der Waals surface area contributed by atoms with Crippen LogP contribution in [0.4, 0.5) is 5.00 Å². The highest BCUT2D eigenvalue weighted by molar-refractivity contribution is 7.18. The van der Waals surface area contributed by atoms with E-state index in [1.54, 1.807) is 19.1 Å². The summed E-state index contributed by atoms with van der Waals surface area (Å²) >= 11 is 1.24. The van der Waals surface area contributed by atoms with E-state index in [0.717, 1.165) is 12.8 Å². The highest BCUT2D eigenvalue weighted by Crippen LogP contribution is 2.31. The van der Waals surface area contributed by atoms with E-state index < -0.39 is 0 Å². The van der Waals surface area contributed by atoms with Crippen LogP contribution >= 0.6 is 11.3 Å². The summed E-state index contributed by atoms with van der Waals surface area (Å²) in [7, 11) is 0. The molecule has 0 spiro atoms. The Labute approximate surface area is 109 Å². The first-order valence-electron chi connectivity index (χ1n) is 5.92. The summed E-state index contributed by atoms with van der Waals surface area (Å²) in [4.78, 5) is 23.8. The van der Waals surface area contributed by atoms with Crippen LogP contribution in [0.2, 0.25) is 0 Å². The quantitative estimate of drug-likeness (QED) is 0.751. The van der Waals surface area contributed by atoms with Gasteiger partial charge in [0.25, 0.3) is 5.91 Å². The number of hydrogen-bond donors (Lipinski definition) is 3. The number of hydrogen-bond acceptors (Lipinski definition) is 4. The molecule has 0 radical (unpaired) electrons. The highest BCUT2D eigenvalue weighted by Gasteiger charge is 2.29. The Kier molecular flexibility index (Phi) is 3.98. The molecule has 1 aromatic rings. The lowest BCUT2D eigenvalue weighted by molar-refractivity contribution is -0.117. The second-order valence-electron chi connectivity index (χ2n) is 4.48. The van der Waals surface area contributed by atoms with Gasteiger partial charge in [0.2, 0.25) is 5.91 Å². The normalized spacial score (nSPS) is 16.1. The largest absolute Gasteiger partial charge is 0.394 e. The van der Waals surface area contributed by atoms with Crippen molar-refractivity contribution in [2.45, 2.75) is 25.8 Å². The lowest BCUT2D eigenvalue weighted by Gasteiger charge is -2.08. The van der Waals surface area contributed by atoms with Crippen LogP contribution in [0.15, 0.2) is 12.1 Å². The van der Waals surface area contributed by atoms with Gasteiger partial charge in [-0.2, -0.15) is 0 Å². The van der Waals surface area contributed by atoms with Crippen LogP contribution in [0.5, 0.6) is 0 Å². The SMILES string of the molecule is C[C@@H](CO)NC(=O)c1ccc(NC(=O)C2CC2)s1. The lowest BCUT2D eigenvalue weighted by Crippen LogP contribution is -2.34. The standard InChI is InChI=1S/C12H16N2O3S/c1-7(6-15)13-12(17)9-4-5-10(18-9)14-11(16)8-2-3-8/h4-5,7-8,15H,2-3,6H2,1H3,(H,13,17)(H,14,16)/t7-/m0/s1. The third-order valence-electron chi connectivity index (χ3n) is 2.68. The third kappa shape index (κ3) is 3.30. The zero-order chi connectivity index (χ0) is 13.1. The summed E-state index contributed by atoms with van der Waals surface area (Å²) in [5.41, 5.74) is 0. The molecule has 6 heteroatoms. The smallest absolute Gasteiger partial charge is 0.261 e. The maximum atomic E-state index is 11.7. The number of nitrogens with one attached hydrogen (secondary N) is 2. The summed E-state index contributed by atoms with van der Waals surface area (Å²) in [6.07, 6.45) is 1.91. The number of amides is 2. The van der Waals surface area contributed by atoms with Crippen LogP contribution in [0.25, 0.3) is 0 Å². The van der Waals surface area contributed by atoms with E-state index in [4.69, 9.17) is 5.11 Å². The van der Waals surface area contributed by atoms with Crippen LogP contribution in [0.1, 0.15) is 29.4 Å². The minimum Gasteiger partial charge on any atom is -0.394 e. The van der Waals surface area contributed by atoms with Crippen LogP contribution < -0.4 is 10.6 Å². The average Bonchev–Trinajstić information content (AvgIpc) is 3.10. The van der Waals surface area contributed by atoms with E-state index >= 15 is 0 Å². The molecule has 0 bridgehead atoms. The van der Waals surface area contributed by atoms with Gasteiger partial charge in [-0.1, -0.05) is 0 Å². The van der Waals surface area contributed by atoms with Crippen molar-refractivity contribution in [3.05, 3.63) is 17.0 Å². The van der Waals surface area contributed by atoms with E-state index in [2.05, 4.69) is 10.6 Å². The number of aliphatic hydroxyl groups is 1. The molecule has 1 aromatic heterocycles. The van der Waals surface area contributed by atoms with Gasteiger partial charge in [0.05, 0.1) is 16.5 Å². The monoisotopic (exact) mass is 268 g/mol. The van der Waals surface area contributed by atoms with Crippen molar-refractivity contribution < 1.29 is 14.7 Å². The van der Waals surface area contributed by atoms with Crippen molar-refractivity contribution in [2.75, 3.05) is 11.9 Å². The summed E-state index contributed by atoms with van der Waals surface area (Å²) in [6.45, 7) is 1.63. The molecule has 0 aromatic carbocycles. The first-order valence-corrected chi connectivity index (χ1v) is 6.74.